The van der Waals surface area contributed by atoms with Crippen molar-refractivity contribution in [3.8, 4) is 11.5 Å². The van der Waals surface area contributed by atoms with Crippen molar-refractivity contribution < 1.29 is 9.47 Å². The molecule has 1 N–H and O–H groups in total. The van der Waals surface area contributed by atoms with Gasteiger partial charge in [-0.3, -0.25) is 4.98 Å². The zero-order valence-corrected chi connectivity index (χ0v) is 13.5. The Balaban J connectivity index is 1.81. The first kappa shape index (κ1) is 16.1. The minimum atomic E-state index is 0.730. The van der Waals surface area contributed by atoms with E-state index in [1.165, 1.54) is 32.1 Å². The highest BCUT2D eigenvalue weighted by molar-refractivity contribution is 5.42. The van der Waals surface area contributed by atoms with Crippen molar-refractivity contribution in [2.75, 3.05) is 20.8 Å². The van der Waals surface area contributed by atoms with Gasteiger partial charge in [-0.15, -0.1) is 0 Å². The number of aromatic nitrogens is 1. The Bertz CT molecular complexity index is 429. The number of ether oxygens (including phenoxy) is 2. The number of hydrogen-bond donors (Lipinski definition) is 1. The highest BCUT2D eigenvalue weighted by atomic mass is 16.5. The fourth-order valence-corrected chi connectivity index (χ4v) is 3.22. The number of nitrogens with one attached hydrogen (secondary N) is 1. The number of hydrogen-bond acceptors (Lipinski definition) is 4. The van der Waals surface area contributed by atoms with Crippen LogP contribution >= 0.6 is 0 Å². The summed E-state index contributed by atoms with van der Waals surface area (Å²) in [5.74, 6) is 3.25. The summed E-state index contributed by atoms with van der Waals surface area (Å²) in [6.07, 6.45) is 8.60. The molecule has 118 valence electrons. The van der Waals surface area contributed by atoms with Crippen LogP contribution in [0.15, 0.2) is 12.3 Å². The zero-order valence-electron chi connectivity index (χ0n) is 13.5. The minimum absolute atomic E-state index is 0.730. The second-order valence-electron chi connectivity index (χ2n) is 5.92. The lowest BCUT2D eigenvalue weighted by Crippen LogP contribution is -2.26. The fraction of sp³-hybridized carbons (Fsp3) is 0.706. The van der Waals surface area contributed by atoms with Crippen LogP contribution < -0.4 is 14.8 Å². The highest BCUT2D eigenvalue weighted by Crippen LogP contribution is 2.31. The number of nitrogens with zero attached hydrogens (tertiary/aromatic N) is 1. The molecule has 4 heteroatoms. The van der Waals surface area contributed by atoms with E-state index in [-0.39, 0.29) is 0 Å². The Morgan fingerprint density at radius 3 is 2.48 bits per heavy atom. The average Bonchev–Trinajstić information content (AvgIpc) is 2.55. The Morgan fingerprint density at radius 2 is 1.86 bits per heavy atom. The van der Waals surface area contributed by atoms with Crippen LogP contribution in [0.1, 0.15) is 44.7 Å². The third kappa shape index (κ3) is 4.34. The van der Waals surface area contributed by atoms with Crippen molar-refractivity contribution in [2.24, 2.45) is 11.8 Å². The lowest BCUT2D eigenvalue weighted by molar-refractivity contribution is 0.261. The van der Waals surface area contributed by atoms with Crippen LogP contribution in [0.2, 0.25) is 0 Å². The standard InChI is InChI=1S/C17H28N2O2/c1-4-13-5-7-14(8-6-13)11-18-12-15-17(21-3)16(20-2)9-10-19-15/h9-10,13-14,18H,4-8,11-12H2,1-3H3. The summed E-state index contributed by atoms with van der Waals surface area (Å²) in [7, 11) is 3.32. The molecule has 1 aromatic heterocycles. The van der Waals surface area contributed by atoms with Gasteiger partial charge in [-0.05, 0) is 31.2 Å². The molecule has 1 aliphatic carbocycles. The van der Waals surface area contributed by atoms with E-state index in [4.69, 9.17) is 9.47 Å². The molecule has 0 radical (unpaired) electrons. The van der Waals surface area contributed by atoms with E-state index < -0.39 is 0 Å². The average molecular weight is 292 g/mol. The van der Waals surface area contributed by atoms with Crippen molar-refractivity contribution in [1.29, 1.82) is 0 Å². The summed E-state index contributed by atoms with van der Waals surface area (Å²) >= 11 is 0. The van der Waals surface area contributed by atoms with E-state index in [1.807, 2.05) is 6.07 Å². The molecule has 0 amide bonds. The van der Waals surface area contributed by atoms with E-state index >= 15 is 0 Å². The molecule has 21 heavy (non-hydrogen) atoms. The van der Waals surface area contributed by atoms with Crippen LogP contribution in [0.25, 0.3) is 0 Å². The van der Waals surface area contributed by atoms with E-state index in [9.17, 15) is 0 Å². The van der Waals surface area contributed by atoms with E-state index in [1.54, 1.807) is 20.4 Å². The summed E-state index contributed by atoms with van der Waals surface area (Å²) in [4.78, 5) is 4.40. The number of methoxy groups -OCH3 is 2. The second kappa shape index (κ2) is 8.23. The number of rotatable bonds is 7. The SMILES string of the molecule is CCC1CCC(CNCc2nccc(OC)c2OC)CC1. The molecule has 0 unspecified atom stereocenters. The van der Waals surface area contributed by atoms with Crippen molar-refractivity contribution in [2.45, 2.75) is 45.6 Å². The van der Waals surface area contributed by atoms with Crippen molar-refractivity contribution in [3.05, 3.63) is 18.0 Å². The van der Waals surface area contributed by atoms with Gasteiger partial charge in [0.2, 0.25) is 0 Å². The number of pyridine rings is 1. The molecular formula is C17H28N2O2. The first-order valence-corrected chi connectivity index (χ1v) is 8.05. The van der Waals surface area contributed by atoms with Gasteiger partial charge in [0.05, 0.1) is 19.9 Å². The van der Waals surface area contributed by atoms with Gasteiger partial charge >= 0.3 is 0 Å². The van der Waals surface area contributed by atoms with Gasteiger partial charge in [0.1, 0.15) is 0 Å². The lowest BCUT2D eigenvalue weighted by Gasteiger charge is -2.28. The Kier molecular flexibility index (Phi) is 6.30. The van der Waals surface area contributed by atoms with Gasteiger partial charge in [0.25, 0.3) is 0 Å². The van der Waals surface area contributed by atoms with Gasteiger partial charge < -0.3 is 14.8 Å². The monoisotopic (exact) mass is 292 g/mol. The van der Waals surface area contributed by atoms with Gasteiger partial charge in [-0.1, -0.05) is 26.2 Å². The van der Waals surface area contributed by atoms with Crippen LogP contribution in [0.5, 0.6) is 11.5 Å². The van der Waals surface area contributed by atoms with E-state index in [2.05, 4.69) is 17.2 Å². The molecule has 1 saturated carbocycles. The maximum absolute atomic E-state index is 5.41. The highest BCUT2D eigenvalue weighted by Gasteiger charge is 2.19. The van der Waals surface area contributed by atoms with Crippen molar-refractivity contribution in [1.82, 2.24) is 10.3 Å². The first-order chi connectivity index (χ1) is 10.3. The van der Waals surface area contributed by atoms with Crippen LogP contribution in [0, 0.1) is 11.8 Å². The molecule has 0 aliphatic heterocycles. The quantitative estimate of drug-likeness (QED) is 0.836. The van der Waals surface area contributed by atoms with E-state index in [0.717, 1.165) is 42.1 Å². The molecule has 0 bridgehead atoms. The fourth-order valence-electron chi connectivity index (χ4n) is 3.22. The Hall–Kier alpha value is -1.29. The zero-order chi connectivity index (χ0) is 15.1. The molecule has 0 atom stereocenters. The Labute approximate surface area is 128 Å². The summed E-state index contributed by atoms with van der Waals surface area (Å²) < 4.78 is 10.7. The van der Waals surface area contributed by atoms with Gasteiger partial charge in [0.15, 0.2) is 11.5 Å². The van der Waals surface area contributed by atoms with Crippen LogP contribution in [-0.2, 0) is 6.54 Å². The van der Waals surface area contributed by atoms with Gasteiger partial charge in [0, 0.05) is 18.8 Å². The van der Waals surface area contributed by atoms with Crippen LogP contribution in [-0.4, -0.2) is 25.7 Å². The maximum Gasteiger partial charge on any atom is 0.183 e. The van der Waals surface area contributed by atoms with Crippen molar-refractivity contribution >= 4 is 0 Å². The summed E-state index contributed by atoms with van der Waals surface area (Å²) in [5, 5.41) is 3.53. The minimum Gasteiger partial charge on any atom is -0.493 e. The van der Waals surface area contributed by atoms with Crippen LogP contribution in [0.4, 0.5) is 0 Å². The third-order valence-electron chi connectivity index (χ3n) is 4.64. The molecule has 1 heterocycles. The maximum atomic E-state index is 5.41. The molecular weight excluding hydrogens is 264 g/mol. The Morgan fingerprint density at radius 1 is 1.14 bits per heavy atom. The van der Waals surface area contributed by atoms with Crippen molar-refractivity contribution in [3.63, 3.8) is 0 Å². The molecule has 4 nitrogen and oxygen atoms in total. The summed E-state index contributed by atoms with van der Waals surface area (Å²) in [6.45, 7) is 4.11. The molecule has 1 fully saturated rings. The molecule has 2 rings (SSSR count). The predicted octanol–water partition coefficient (Wildman–Crippen LogP) is 3.40. The topological polar surface area (TPSA) is 43.4 Å². The third-order valence-corrected chi connectivity index (χ3v) is 4.64. The van der Waals surface area contributed by atoms with E-state index in [0.29, 0.717) is 0 Å². The second-order valence-corrected chi connectivity index (χ2v) is 5.92. The predicted molar refractivity (Wildman–Crippen MR) is 84.8 cm³/mol. The smallest absolute Gasteiger partial charge is 0.183 e. The normalized spacial score (nSPS) is 22.0. The molecule has 1 aliphatic rings. The van der Waals surface area contributed by atoms with Gasteiger partial charge in [-0.2, -0.15) is 0 Å². The summed E-state index contributed by atoms with van der Waals surface area (Å²) in [5.41, 5.74) is 0.916. The molecule has 0 spiro atoms. The first-order valence-electron chi connectivity index (χ1n) is 8.05. The van der Waals surface area contributed by atoms with Crippen LogP contribution in [0.3, 0.4) is 0 Å². The molecule has 0 aromatic carbocycles. The lowest BCUT2D eigenvalue weighted by atomic mass is 9.81. The summed E-state index contributed by atoms with van der Waals surface area (Å²) in [6, 6.07) is 1.83. The van der Waals surface area contributed by atoms with Gasteiger partial charge in [-0.25, -0.2) is 0 Å². The molecule has 0 saturated heterocycles. The molecule has 1 aromatic rings. The largest absolute Gasteiger partial charge is 0.493 e.